The number of carbonyl (C=O) groups is 1. The Kier molecular flexibility index (Phi) is 6.30. The molecule has 1 fully saturated rings. The van der Waals surface area contributed by atoms with Crippen LogP contribution in [0.15, 0.2) is 67.4 Å². The van der Waals surface area contributed by atoms with Crippen molar-refractivity contribution < 1.29 is 9.53 Å². The number of amides is 1. The molecule has 0 bridgehead atoms. The van der Waals surface area contributed by atoms with Crippen molar-refractivity contribution in [2.45, 2.75) is 18.9 Å². The number of para-hydroxylation sites is 1. The van der Waals surface area contributed by atoms with Crippen molar-refractivity contribution in [3.63, 3.8) is 0 Å². The number of hydrogen-bond donors (Lipinski definition) is 2. The summed E-state index contributed by atoms with van der Waals surface area (Å²) in [5.74, 6) is 2.31. The monoisotopic (exact) mass is 473 g/mol. The average Bonchev–Trinajstić information content (AvgIpc) is 3.26. The van der Waals surface area contributed by atoms with Crippen molar-refractivity contribution in [3.05, 3.63) is 67.4 Å². The minimum absolute atomic E-state index is 0.0513. The molecule has 1 amide bonds. The fourth-order valence-electron chi connectivity index (χ4n) is 3.73. The smallest absolute Gasteiger partial charge is 0.246 e. The van der Waals surface area contributed by atoms with Crippen LogP contribution in [0.4, 0.5) is 16.9 Å². The quantitative estimate of drug-likeness (QED) is 0.375. The number of nitrogens with zero attached hydrogens (tertiary/aromatic N) is 5. The van der Waals surface area contributed by atoms with Crippen molar-refractivity contribution in [1.29, 1.82) is 0 Å². The molecule has 0 spiro atoms. The molecule has 5 rings (SSSR count). The largest absolute Gasteiger partial charge is 0.439 e. The lowest BCUT2D eigenvalue weighted by atomic mass is 10.1. The van der Waals surface area contributed by atoms with Gasteiger partial charge in [0.05, 0.1) is 0 Å². The molecule has 1 saturated heterocycles. The molecule has 1 atom stereocenters. The van der Waals surface area contributed by atoms with Crippen LogP contribution in [0.2, 0.25) is 0 Å². The fraction of sp³-hybridized carbons (Fsp3) is 0.208. The van der Waals surface area contributed by atoms with Crippen LogP contribution >= 0.6 is 11.3 Å². The molecule has 2 N–H and O–H groups in total. The standard InChI is InChI=1S/C24H23N7O2S/c1-2-21(32)31-14-6-7-16(15-31)26-23-25-13-12-19(28-23)29-24-27-18-10-11-20(30-22(18)34-24)33-17-8-4-3-5-9-17/h2-5,8-13,16H,1,6-7,14-15H2,(H2,25,26,27,28,29)/t16-/m0/s1. The second-order valence-corrected chi connectivity index (χ2v) is 8.75. The van der Waals surface area contributed by atoms with Crippen molar-refractivity contribution in [2.24, 2.45) is 0 Å². The number of likely N-dealkylation sites (tertiary alicyclic amines) is 1. The van der Waals surface area contributed by atoms with E-state index >= 15 is 0 Å². The summed E-state index contributed by atoms with van der Waals surface area (Å²) in [7, 11) is 0. The number of thiazole rings is 1. The second-order valence-electron chi connectivity index (χ2n) is 7.77. The molecule has 10 heteroatoms. The van der Waals surface area contributed by atoms with E-state index in [2.05, 4.69) is 37.1 Å². The summed E-state index contributed by atoms with van der Waals surface area (Å²) in [5.41, 5.74) is 0.773. The molecule has 1 aliphatic heterocycles. The number of benzene rings is 1. The van der Waals surface area contributed by atoms with E-state index in [-0.39, 0.29) is 11.9 Å². The summed E-state index contributed by atoms with van der Waals surface area (Å²) in [5, 5.41) is 7.24. The topological polar surface area (TPSA) is 105 Å². The number of carbonyl (C=O) groups excluding carboxylic acids is 1. The number of ether oxygens (including phenoxy) is 1. The molecular formula is C24H23N7O2S. The molecule has 34 heavy (non-hydrogen) atoms. The Hall–Kier alpha value is -4.05. The van der Waals surface area contributed by atoms with Gasteiger partial charge in [0.15, 0.2) is 5.13 Å². The van der Waals surface area contributed by atoms with Crippen LogP contribution in [-0.2, 0) is 4.79 Å². The second kappa shape index (κ2) is 9.84. The summed E-state index contributed by atoms with van der Waals surface area (Å²) in [6, 6.07) is 15.1. The Labute approximate surface area is 200 Å². The van der Waals surface area contributed by atoms with Gasteiger partial charge in [-0.25, -0.2) is 15.0 Å². The molecule has 0 saturated carbocycles. The van der Waals surface area contributed by atoms with Gasteiger partial charge in [-0.2, -0.15) is 4.98 Å². The molecule has 1 aromatic carbocycles. The normalized spacial score (nSPS) is 15.6. The minimum Gasteiger partial charge on any atom is -0.439 e. The van der Waals surface area contributed by atoms with Crippen LogP contribution in [0.3, 0.4) is 0 Å². The van der Waals surface area contributed by atoms with Crippen molar-refractivity contribution in [3.8, 4) is 11.6 Å². The van der Waals surface area contributed by atoms with Crippen LogP contribution in [0, 0.1) is 0 Å². The van der Waals surface area contributed by atoms with Crippen LogP contribution in [0.25, 0.3) is 10.3 Å². The number of fused-ring (bicyclic) bond motifs is 1. The Morgan fingerprint density at radius 2 is 2.03 bits per heavy atom. The third-order valence-electron chi connectivity index (χ3n) is 5.33. The molecule has 3 aromatic heterocycles. The Morgan fingerprint density at radius 1 is 1.15 bits per heavy atom. The molecular weight excluding hydrogens is 450 g/mol. The predicted molar refractivity (Wildman–Crippen MR) is 133 cm³/mol. The van der Waals surface area contributed by atoms with Gasteiger partial charge in [-0.3, -0.25) is 4.79 Å². The predicted octanol–water partition coefficient (Wildman–Crippen LogP) is 4.61. The van der Waals surface area contributed by atoms with Gasteiger partial charge >= 0.3 is 0 Å². The SMILES string of the molecule is C=CC(=O)N1CCC[C@H](Nc2nccc(Nc3nc4ccc(Oc5ccccc5)nc4s3)n2)C1. The third-order valence-corrected chi connectivity index (χ3v) is 6.21. The lowest BCUT2D eigenvalue weighted by molar-refractivity contribution is -0.127. The van der Waals surface area contributed by atoms with E-state index in [1.54, 1.807) is 23.2 Å². The maximum atomic E-state index is 11.9. The number of rotatable bonds is 7. The Bertz CT molecular complexity index is 1310. The Balaban J connectivity index is 1.26. The van der Waals surface area contributed by atoms with Gasteiger partial charge in [-0.1, -0.05) is 36.1 Å². The van der Waals surface area contributed by atoms with E-state index in [1.807, 2.05) is 36.4 Å². The first-order valence-electron chi connectivity index (χ1n) is 10.9. The zero-order chi connectivity index (χ0) is 23.3. The van der Waals surface area contributed by atoms with E-state index in [0.717, 1.165) is 35.5 Å². The molecule has 9 nitrogen and oxygen atoms in total. The summed E-state index contributed by atoms with van der Waals surface area (Å²) >= 11 is 1.42. The van der Waals surface area contributed by atoms with Gasteiger partial charge in [0.2, 0.25) is 17.7 Å². The number of hydrogen-bond acceptors (Lipinski definition) is 9. The van der Waals surface area contributed by atoms with Crippen molar-refractivity contribution in [2.75, 3.05) is 23.7 Å². The highest BCUT2D eigenvalue weighted by Gasteiger charge is 2.22. The zero-order valence-electron chi connectivity index (χ0n) is 18.3. The molecule has 172 valence electrons. The third kappa shape index (κ3) is 5.12. The van der Waals surface area contributed by atoms with E-state index < -0.39 is 0 Å². The highest BCUT2D eigenvalue weighted by atomic mass is 32.1. The number of nitrogens with one attached hydrogen (secondary N) is 2. The lowest BCUT2D eigenvalue weighted by Gasteiger charge is -2.32. The summed E-state index contributed by atoms with van der Waals surface area (Å²) in [6.45, 7) is 4.92. The van der Waals surface area contributed by atoms with Crippen LogP contribution in [0.1, 0.15) is 12.8 Å². The first kappa shape index (κ1) is 21.8. The molecule has 4 heterocycles. The van der Waals surface area contributed by atoms with E-state index in [0.29, 0.717) is 29.3 Å². The highest BCUT2D eigenvalue weighted by Crippen LogP contribution is 2.29. The number of pyridine rings is 1. The van der Waals surface area contributed by atoms with E-state index in [9.17, 15) is 4.79 Å². The number of aromatic nitrogens is 4. The number of piperidine rings is 1. The first-order chi connectivity index (χ1) is 16.7. The van der Waals surface area contributed by atoms with Crippen molar-refractivity contribution in [1.82, 2.24) is 24.8 Å². The first-order valence-corrected chi connectivity index (χ1v) is 11.8. The van der Waals surface area contributed by atoms with Gasteiger partial charge in [-0.05, 0) is 43.2 Å². The molecule has 0 radical (unpaired) electrons. The molecule has 1 aliphatic rings. The van der Waals surface area contributed by atoms with Gasteiger partial charge in [0, 0.05) is 31.4 Å². The minimum atomic E-state index is -0.0513. The zero-order valence-corrected chi connectivity index (χ0v) is 19.2. The summed E-state index contributed by atoms with van der Waals surface area (Å²) in [6.07, 6.45) is 4.90. The van der Waals surface area contributed by atoms with Gasteiger partial charge in [0.25, 0.3) is 0 Å². The van der Waals surface area contributed by atoms with Gasteiger partial charge in [-0.15, -0.1) is 0 Å². The maximum absolute atomic E-state index is 11.9. The summed E-state index contributed by atoms with van der Waals surface area (Å²) < 4.78 is 5.82. The molecule has 4 aromatic rings. The number of anilines is 3. The average molecular weight is 474 g/mol. The highest BCUT2D eigenvalue weighted by molar-refractivity contribution is 7.21. The maximum Gasteiger partial charge on any atom is 0.246 e. The van der Waals surface area contributed by atoms with Gasteiger partial charge in [0.1, 0.15) is 21.9 Å². The van der Waals surface area contributed by atoms with E-state index in [1.165, 1.54) is 17.4 Å². The Morgan fingerprint density at radius 3 is 2.88 bits per heavy atom. The van der Waals surface area contributed by atoms with Crippen LogP contribution in [0.5, 0.6) is 11.6 Å². The molecule has 0 aliphatic carbocycles. The molecule has 0 unspecified atom stereocenters. The van der Waals surface area contributed by atoms with Crippen molar-refractivity contribution >= 4 is 44.5 Å². The van der Waals surface area contributed by atoms with Crippen LogP contribution < -0.4 is 15.4 Å². The van der Waals surface area contributed by atoms with Gasteiger partial charge < -0.3 is 20.3 Å². The fourth-order valence-corrected chi connectivity index (χ4v) is 4.57. The summed E-state index contributed by atoms with van der Waals surface area (Å²) in [4.78, 5) is 32.5. The van der Waals surface area contributed by atoms with Crippen LogP contribution in [-0.4, -0.2) is 49.9 Å². The van der Waals surface area contributed by atoms with E-state index in [4.69, 9.17) is 4.74 Å². The lowest BCUT2D eigenvalue weighted by Crippen LogP contribution is -2.44.